The van der Waals surface area contributed by atoms with Gasteiger partial charge in [-0.1, -0.05) is 0 Å². The molecule has 0 unspecified atom stereocenters. The van der Waals surface area contributed by atoms with Crippen LogP contribution in [0.4, 0.5) is 5.69 Å². The van der Waals surface area contributed by atoms with Crippen LogP contribution in [0.15, 0.2) is 18.3 Å². The second-order valence-corrected chi connectivity index (χ2v) is 5.26. The Kier molecular flexibility index (Phi) is 3.20. The summed E-state index contributed by atoms with van der Waals surface area (Å²) in [5, 5.41) is 23.7. The number of benzene rings is 1. The van der Waals surface area contributed by atoms with Crippen molar-refractivity contribution in [1.29, 1.82) is 0 Å². The fourth-order valence-corrected chi connectivity index (χ4v) is 1.83. The first-order valence-corrected chi connectivity index (χ1v) is 5.98. The van der Waals surface area contributed by atoms with E-state index in [4.69, 9.17) is 10.8 Å². The first-order chi connectivity index (χ1) is 8.76. The highest BCUT2D eigenvalue weighted by atomic mass is 16.4. The van der Waals surface area contributed by atoms with E-state index in [-0.39, 0.29) is 11.3 Å². The van der Waals surface area contributed by atoms with E-state index < -0.39 is 11.6 Å². The van der Waals surface area contributed by atoms with Crippen LogP contribution >= 0.6 is 0 Å². The Labute approximate surface area is 110 Å². The van der Waals surface area contributed by atoms with Crippen molar-refractivity contribution in [3.05, 3.63) is 23.9 Å². The monoisotopic (exact) mass is 263 g/mol. The van der Waals surface area contributed by atoms with E-state index >= 15 is 0 Å². The predicted molar refractivity (Wildman–Crippen MR) is 72.0 cm³/mol. The van der Waals surface area contributed by atoms with Crippen molar-refractivity contribution in [2.24, 2.45) is 0 Å². The van der Waals surface area contributed by atoms with Crippen molar-refractivity contribution in [2.45, 2.75) is 32.4 Å². The molecule has 0 saturated carbocycles. The largest absolute Gasteiger partial charge is 0.478 e. The quantitative estimate of drug-likeness (QED) is 0.725. The molecule has 0 spiro atoms. The van der Waals surface area contributed by atoms with Gasteiger partial charge in [-0.15, -0.1) is 0 Å². The van der Waals surface area contributed by atoms with Crippen molar-refractivity contribution in [3.63, 3.8) is 0 Å². The number of rotatable bonds is 4. The topological polar surface area (TPSA) is 101 Å². The molecule has 6 nitrogen and oxygen atoms in total. The van der Waals surface area contributed by atoms with Crippen LogP contribution in [-0.4, -0.2) is 31.6 Å². The maximum atomic E-state index is 11.0. The summed E-state index contributed by atoms with van der Waals surface area (Å²) in [6.07, 6.45) is 2.35. The molecule has 1 aromatic heterocycles. The molecule has 2 aromatic rings. The fraction of sp³-hybridized carbons (Fsp3) is 0.385. The van der Waals surface area contributed by atoms with Gasteiger partial charge in [0.15, 0.2) is 0 Å². The number of carbonyl (C=O) groups is 1. The van der Waals surface area contributed by atoms with E-state index in [2.05, 4.69) is 5.10 Å². The van der Waals surface area contributed by atoms with Gasteiger partial charge in [-0.05, 0) is 32.4 Å². The molecule has 2 rings (SSSR count). The number of aliphatic hydroxyl groups is 1. The molecule has 0 atom stereocenters. The zero-order valence-corrected chi connectivity index (χ0v) is 10.9. The third-order valence-corrected chi connectivity index (χ3v) is 2.91. The second-order valence-electron chi connectivity index (χ2n) is 5.26. The maximum absolute atomic E-state index is 11.0. The molecule has 0 aliphatic carbocycles. The normalized spacial score (nSPS) is 11.9. The minimum absolute atomic E-state index is 0.0558. The third kappa shape index (κ3) is 3.03. The SMILES string of the molecule is CC(C)(O)CCn1cc2cc(N)c(C(=O)O)cc2n1. The van der Waals surface area contributed by atoms with Crippen molar-refractivity contribution >= 4 is 22.6 Å². The fourth-order valence-electron chi connectivity index (χ4n) is 1.83. The molecule has 0 aliphatic rings. The maximum Gasteiger partial charge on any atom is 0.337 e. The number of carboxylic acid groups (broad SMARTS) is 1. The number of anilines is 1. The zero-order chi connectivity index (χ0) is 14.2. The summed E-state index contributed by atoms with van der Waals surface area (Å²) in [5.41, 5.74) is 5.79. The molecule has 0 aliphatic heterocycles. The van der Waals surface area contributed by atoms with E-state index in [0.29, 0.717) is 18.5 Å². The summed E-state index contributed by atoms with van der Waals surface area (Å²) in [5.74, 6) is -1.06. The zero-order valence-electron chi connectivity index (χ0n) is 10.9. The van der Waals surface area contributed by atoms with Crippen LogP contribution in [0.3, 0.4) is 0 Å². The van der Waals surface area contributed by atoms with E-state index in [1.54, 1.807) is 30.8 Å². The van der Waals surface area contributed by atoms with Gasteiger partial charge in [-0.3, -0.25) is 4.68 Å². The van der Waals surface area contributed by atoms with E-state index in [0.717, 1.165) is 5.39 Å². The van der Waals surface area contributed by atoms with Crippen LogP contribution in [0.5, 0.6) is 0 Å². The van der Waals surface area contributed by atoms with Gasteiger partial charge >= 0.3 is 5.97 Å². The highest BCUT2D eigenvalue weighted by Crippen LogP contribution is 2.21. The molecular formula is C13H17N3O3. The summed E-state index contributed by atoms with van der Waals surface area (Å²) < 4.78 is 1.69. The lowest BCUT2D eigenvalue weighted by atomic mass is 10.1. The van der Waals surface area contributed by atoms with Crippen molar-refractivity contribution < 1.29 is 15.0 Å². The predicted octanol–water partition coefficient (Wildman–Crippen LogP) is 1.48. The Morgan fingerprint density at radius 3 is 2.74 bits per heavy atom. The summed E-state index contributed by atoms with van der Waals surface area (Å²) in [6.45, 7) is 4.02. The molecule has 0 bridgehead atoms. The van der Waals surface area contributed by atoms with Crippen LogP contribution in [0.1, 0.15) is 30.6 Å². The van der Waals surface area contributed by atoms with Crippen LogP contribution in [-0.2, 0) is 6.54 Å². The van der Waals surface area contributed by atoms with Gasteiger partial charge in [0.2, 0.25) is 0 Å². The van der Waals surface area contributed by atoms with Crippen molar-refractivity contribution in [2.75, 3.05) is 5.73 Å². The Morgan fingerprint density at radius 1 is 1.47 bits per heavy atom. The first kappa shape index (κ1) is 13.4. The number of aromatic carboxylic acids is 1. The molecular weight excluding hydrogens is 246 g/mol. The average molecular weight is 263 g/mol. The third-order valence-electron chi connectivity index (χ3n) is 2.91. The van der Waals surface area contributed by atoms with Gasteiger partial charge < -0.3 is 15.9 Å². The van der Waals surface area contributed by atoms with Crippen LogP contribution in [0, 0.1) is 0 Å². The van der Waals surface area contributed by atoms with Gasteiger partial charge in [0.25, 0.3) is 0 Å². The van der Waals surface area contributed by atoms with Gasteiger partial charge in [-0.2, -0.15) is 5.10 Å². The number of fused-ring (bicyclic) bond motifs is 1. The smallest absolute Gasteiger partial charge is 0.337 e. The average Bonchev–Trinajstić information content (AvgIpc) is 2.65. The summed E-state index contributed by atoms with van der Waals surface area (Å²) in [7, 11) is 0. The molecule has 0 radical (unpaired) electrons. The molecule has 0 saturated heterocycles. The minimum Gasteiger partial charge on any atom is -0.478 e. The number of aromatic nitrogens is 2. The van der Waals surface area contributed by atoms with Gasteiger partial charge in [0.1, 0.15) is 0 Å². The lowest BCUT2D eigenvalue weighted by Crippen LogP contribution is -2.21. The van der Waals surface area contributed by atoms with E-state index in [1.807, 2.05) is 0 Å². The van der Waals surface area contributed by atoms with Crippen LogP contribution in [0.25, 0.3) is 10.9 Å². The Balaban J connectivity index is 2.33. The number of nitrogen functional groups attached to an aromatic ring is 1. The molecule has 0 fully saturated rings. The summed E-state index contributed by atoms with van der Waals surface area (Å²) >= 11 is 0. The highest BCUT2D eigenvalue weighted by Gasteiger charge is 2.14. The molecule has 0 amide bonds. The van der Waals surface area contributed by atoms with Gasteiger partial charge in [0.05, 0.1) is 16.7 Å². The number of hydrogen-bond donors (Lipinski definition) is 3. The number of nitrogens with two attached hydrogens (primary N) is 1. The van der Waals surface area contributed by atoms with Gasteiger partial charge in [-0.25, -0.2) is 4.79 Å². The van der Waals surface area contributed by atoms with E-state index in [1.165, 1.54) is 6.07 Å². The van der Waals surface area contributed by atoms with Crippen molar-refractivity contribution in [3.8, 4) is 0 Å². The molecule has 4 N–H and O–H groups in total. The first-order valence-electron chi connectivity index (χ1n) is 5.98. The van der Waals surface area contributed by atoms with Crippen molar-refractivity contribution in [1.82, 2.24) is 9.78 Å². The molecule has 1 heterocycles. The molecule has 102 valence electrons. The number of carboxylic acids is 1. The lowest BCUT2D eigenvalue weighted by molar-refractivity contribution is 0.0650. The lowest BCUT2D eigenvalue weighted by Gasteiger charge is -2.16. The Hall–Kier alpha value is -2.08. The highest BCUT2D eigenvalue weighted by molar-refractivity contribution is 5.99. The second kappa shape index (κ2) is 4.55. The molecule has 6 heteroatoms. The minimum atomic E-state index is -1.06. The van der Waals surface area contributed by atoms with E-state index in [9.17, 15) is 9.90 Å². The summed E-state index contributed by atoms with van der Waals surface area (Å²) in [6, 6.07) is 3.07. The number of nitrogens with zero attached hydrogens (tertiary/aromatic N) is 2. The number of hydrogen-bond acceptors (Lipinski definition) is 4. The summed E-state index contributed by atoms with van der Waals surface area (Å²) in [4.78, 5) is 11.0. The standard InChI is InChI=1S/C13H17N3O3/c1-13(2,19)3-4-16-7-8-5-10(14)9(12(17)18)6-11(8)15-16/h5-7,19H,3-4,14H2,1-2H3,(H,17,18). The number of aryl methyl sites for hydroxylation is 1. The van der Waals surface area contributed by atoms with Gasteiger partial charge in [0, 0.05) is 23.8 Å². The van der Waals surface area contributed by atoms with Crippen LogP contribution < -0.4 is 5.73 Å². The van der Waals surface area contributed by atoms with Crippen LogP contribution in [0.2, 0.25) is 0 Å². The Bertz CT molecular complexity index is 626. The Morgan fingerprint density at radius 2 is 2.16 bits per heavy atom. The molecule has 1 aromatic carbocycles. The molecule has 19 heavy (non-hydrogen) atoms.